The lowest BCUT2D eigenvalue weighted by molar-refractivity contribution is -0.137. The number of carbonyl (C=O) groups excluding carboxylic acids is 1. The van der Waals surface area contributed by atoms with Crippen molar-refractivity contribution >= 4 is 12.0 Å². The van der Waals surface area contributed by atoms with Gasteiger partial charge in [-0.1, -0.05) is 6.92 Å². The maximum absolute atomic E-state index is 11.7. The van der Waals surface area contributed by atoms with E-state index in [0.29, 0.717) is 18.9 Å². The van der Waals surface area contributed by atoms with Crippen LogP contribution in [0.2, 0.25) is 0 Å². The van der Waals surface area contributed by atoms with E-state index < -0.39 is 5.97 Å². The monoisotopic (exact) mass is 282 g/mol. The van der Waals surface area contributed by atoms with Gasteiger partial charge in [-0.05, 0) is 55.8 Å². The largest absolute Gasteiger partial charge is 0.481 e. The van der Waals surface area contributed by atoms with Crippen LogP contribution in [0, 0.1) is 23.7 Å². The van der Waals surface area contributed by atoms with Crippen LogP contribution in [0.1, 0.15) is 45.4 Å². The lowest BCUT2D eigenvalue weighted by atomic mass is 9.98. The fourth-order valence-electron chi connectivity index (χ4n) is 2.78. The molecule has 20 heavy (non-hydrogen) atoms. The standard InChI is InChI=1S/C15H26N2O3/c1-10(2-7-14(18)19)8-16-15(20)17-9-13(11-3-4-11)12-5-6-12/h10-13H,2-9H2,1H3,(H,18,19)(H2,16,17,20). The normalized spacial score (nSPS) is 19.7. The van der Waals surface area contributed by atoms with Gasteiger partial charge >= 0.3 is 12.0 Å². The van der Waals surface area contributed by atoms with Crippen molar-refractivity contribution < 1.29 is 14.7 Å². The molecule has 0 heterocycles. The molecule has 0 saturated heterocycles. The van der Waals surface area contributed by atoms with Crippen LogP contribution in [0.3, 0.4) is 0 Å². The van der Waals surface area contributed by atoms with E-state index in [-0.39, 0.29) is 18.4 Å². The summed E-state index contributed by atoms with van der Waals surface area (Å²) in [5.74, 6) is 1.79. The third-order valence-corrected chi connectivity index (χ3v) is 4.42. The van der Waals surface area contributed by atoms with Gasteiger partial charge < -0.3 is 15.7 Å². The maximum atomic E-state index is 11.7. The number of carbonyl (C=O) groups is 2. The van der Waals surface area contributed by atoms with Crippen molar-refractivity contribution in [2.24, 2.45) is 23.7 Å². The second kappa shape index (κ2) is 6.95. The first-order valence-corrected chi connectivity index (χ1v) is 7.79. The lowest BCUT2D eigenvalue weighted by Crippen LogP contribution is -2.40. The quantitative estimate of drug-likeness (QED) is 0.607. The minimum atomic E-state index is -0.780. The van der Waals surface area contributed by atoms with Gasteiger partial charge in [0.1, 0.15) is 0 Å². The zero-order chi connectivity index (χ0) is 14.5. The first-order valence-electron chi connectivity index (χ1n) is 7.79. The van der Waals surface area contributed by atoms with Gasteiger partial charge in [-0.15, -0.1) is 0 Å². The Bertz CT molecular complexity index is 339. The van der Waals surface area contributed by atoms with Crippen molar-refractivity contribution in [2.75, 3.05) is 13.1 Å². The van der Waals surface area contributed by atoms with Crippen molar-refractivity contribution in [3.05, 3.63) is 0 Å². The fraction of sp³-hybridized carbons (Fsp3) is 0.867. The van der Waals surface area contributed by atoms with Gasteiger partial charge in [0.25, 0.3) is 0 Å². The minimum Gasteiger partial charge on any atom is -0.481 e. The van der Waals surface area contributed by atoms with Crippen LogP contribution in [0.4, 0.5) is 4.79 Å². The van der Waals surface area contributed by atoms with E-state index in [4.69, 9.17) is 5.11 Å². The first kappa shape index (κ1) is 15.1. The first-order chi connectivity index (χ1) is 9.56. The third-order valence-electron chi connectivity index (χ3n) is 4.42. The number of amides is 2. The molecule has 0 bridgehead atoms. The van der Waals surface area contributed by atoms with Crippen LogP contribution in [0.5, 0.6) is 0 Å². The van der Waals surface area contributed by atoms with Gasteiger partial charge in [-0.25, -0.2) is 4.79 Å². The molecule has 2 rings (SSSR count). The number of hydrogen-bond acceptors (Lipinski definition) is 2. The molecule has 2 amide bonds. The molecule has 0 aromatic heterocycles. The summed E-state index contributed by atoms with van der Waals surface area (Å²) in [6.45, 7) is 3.29. The average molecular weight is 282 g/mol. The zero-order valence-corrected chi connectivity index (χ0v) is 12.2. The second-order valence-corrected chi connectivity index (χ2v) is 6.47. The Labute approximate surface area is 120 Å². The second-order valence-electron chi connectivity index (χ2n) is 6.47. The molecule has 5 nitrogen and oxygen atoms in total. The predicted octanol–water partition coefficient (Wildman–Crippen LogP) is 2.22. The van der Waals surface area contributed by atoms with Gasteiger partial charge in [0, 0.05) is 19.5 Å². The summed E-state index contributed by atoms with van der Waals surface area (Å²) in [4.78, 5) is 22.2. The average Bonchev–Trinajstić information content (AvgIpc) is 3.25. The Hall–Kier alpha value is -1.26. The van der Waals surface area contributed by atoms with Crippen LogP contribution >= 0.6 is 0 Å². The highest BCUT2D eigenvalue weighted by Crippen LogP contribution is 2.48. The smallest absolute Gasteiger partial charge is 0.314 e. The summed E-state index contributed by atoms with van der Waals surface area (Å²) in [5.41, 5.74) is 0. The van der Waals surface area contributed by atoms with E-state index in [0.717, 1.165) is 18.4 Å². The van der Waals surface area contributed by atoms with Gasteiger partial charge in [0.15, 0.2) is 0 Å². The Morgan fingerprint density at radius 2 is 1.65 bits per heavy atom. The molecular formula is C15H26N2O3. The van der Waals surface area contributed by atoms with Crippen molar-refractivity contribution in [2.45, 2.75) is 45.4 Å². The molecule has 0 spiro atoms. The summed E-state index contributed by atoms with van der Waals surface area (Å²) in [6.07, 6.45) is 6.08. The van der Waals surface area contributed by atoms with E-state index in [2.05, 4.69) is 10.6 Å². The molecule has 5 heteroatoms. The minimum absolute atomic E-state index is 0.113. The molecule has 114 valence electrons. The third kappa shape index (κ3) is 5.39. The van der Waals surface area contributed by atoms with Crippen molar-refractivity contribution in [3.8, 4) is 0 Å². The molecule has 0 aromatic rings. The van der Waals surface area contributed by atoms with Crippen LogP contribution < -0.4 is 10.6 Å². The number of urea groups is 1. The summed E-state index contributed by atoms with van der Waals surface area (Å²) >= 11 is 0. The maximum Gasteiger partial charge on any atom is 0.314 e. The van der Waals surface area contributed by atoms with Crippen molar-refractivity contribution in [1.29, 1.82) is 0 Å². The van der Waals surface area contributed by atoms with Crippen molar-refractivity contribution in [3.63, 3.8) is 0 Å². The molecule has 0 aromatic carbocycles. The fourth-order valence-corrected chi connectivity index (χ4v) is 2.78. The highest BCUT2D eigenvalue weighted by Gasteiger charge is 2.41. The Morgan fingerprint density at radius 1 is 1.10 bits per heavy atom. The number of carboxylic acid groups (broad SMARTS) is 1. The molecule has 3 N–H and O–H groups in total. The Balaban J connectivity index is 1.56. The summed E-state index contributed by atoms with van der Waals surface area (Å²) in [5, 5.41) is 14.4. The molecule has 2 aliphatic carbocycles. The Kier molecular flexibility index (Phi) is 5.26. The summed E-state index contributed by atoms with van der Waals surface area (Å²) in [6, 6.07) is -0.113. The highest BCUT2D eigenvalue weighted by molar-refractivity contribution is 5.73. The van der Waals surface area contributed by atoms with E-state index in [1.54, 1.807) is 0 Å². The molecular weight excluding hydrogens is 256 g/mol. The molecule has 2 aliphatic rings. The number of rotatable bonds is 9. The zero-order valence-electron chi connectivity index (χ0n) is 12.2. The molecule has 2 saturated carbocycles. The lowest BCUT2D eigenvalue weighted by Gasteiger charge is -2.17. The summed E-state index contributed by atoms with van der Waals surface area (Å²) < 4.78 is 0. The van der Waals surface area contributed by atoms with Gasteiger partial charge in [0.05, 0.1) is 0 Å². The van der Waals surface area contributed by atoms with E-state index in [1.165, 1.54) is 25.7 Å². The van der Waals surface area contributed by atoms with Gasteiger partial charge in [-0.3, -0.25) is 4.79 Å². The molecule has 0 aliphatic heterocycles. The highest BCUT2D eigenvalue weighted by atomic mass is 16.4. The number of carboxylic acids is 1. The van der Waals surface area contributed by atoms with Crippen LogP contribution in [0.25, 0.3) is 0 Å². The SMILES string of the molecule is CC(CCC(=O)O)CNC(=O)NCC(C1CC1)C1CC1. The van der Waals surface area contributed by atoms with E-state index >= 15 is 0 Å². The number of aliphatic carboxylic acids is 1. The topological polar surface area (TPSA) is 78.4 Å². The Morgan fingerprint density at radius 3 is 2.15 bits per heavy atom. The van der Waals surface area contributed by atoms with E-state index in [9.17, 15) is 9.59 Å². The van der Waals surface area contributed by atoms with Crippen molar-refractivity contribution in [1.82, 2.24) is 10.6 Å². The molecule has 1 unspecified atom stereocenters. The van der Waals surface area contributed by atoms with Crippen LogP contribution in [-0.2, 0) is 4.79 Å². The van der Waals surface area contributed by atoms with Gasteiger partial charge in [-0.2, -0.15) is 0 Å². The van der Waals surface area contributed by atoms with Crippen LogP contribution in [0.15, 0.2) is 0 Å². The molecule has 1 atom stereocenters. The number of nitrogens with one attached hydrogen (secondary N) is 2. The van der Waals surface area contributed by atoms with E-state index in [1.807, 2.05) is 6.92 Å². The predicted molar refractivity (Wildman–Crippen MR) is 76.4 cm³/mol. The van der Waals surface area contributed by atoms with Gasteiger partial charge in [0.2, 0.25) is 0 Å². The summed E-state index contributed by atoms with van der Waals surface area (Å²) in [7, 11) is 0. The molecule has 0 radical (unpaired) electrons. The van der Waals surface area contributed by atoms with Crippen LogP contribution in [-0.4, -0.2) is 30.2 Å². The number of hydrogen-bond donors (Lipinski definition) is 3. The molecule has 2 fully saturated rings.